The molecule has 0 unspecified atom stereocenters. The van der Waals surface area contributed by atoms with Crippen LogP contribution in [0.1, 0.15) is 37.2 Å². The number of amides is 1. The number of carbonyl (C=O) groups excluding carboxylic acids is 1. The highest BCUT2D eigenvalue weighted by molar-refractivity contribution is 5.80. The van der Waals surface area contributed by atoms with Crippen LogP contribution in [-0.2, 0) is 4.79 Å². The molecule has 2 saturated heterocycles. The topological polar surface area (TPSA) is 29.5 Å². The highest BCUT2D eigenvalue weighted by atomic mass is 16.5. The largest absolute Gasteiger partial charge is 0.497 e. The molecule has 3 nitrogen and oxygen atoms in total. The van der Waals surface area contributed by atoms with E-state index in [2.05, 4.69) is 17.0 Å². The summed E-state index contributed by atoms with van der Waals surface area (Å²) < 4.78 is 5.28. The molecule has 18 heavy (non-hydrogen) atoms. The maximum Gasteiger partial charge on any atom is 0.223 e. The van der Waals surface area contributed by atoms with Gasteiger partial charge in [0.05, 0.1) is 7.11 Å². The van der Waals surface area contributed by atoms with Crippen molar-refractivity contribution >= 4 is 5.91 Å². The third kappa shape index (κ3) is 1.88. The van der Waals surface area contributed by atoms with Gasteiger partial charge in [-0.2, -0.15) is 0 Å². The quantitative estimate of drug-likeness (QED) is 0.801. The summed E-state index contributed by atoms with van der Waals surface area (Å²) in [6.07, 6.45) is 4.22. The molecule has 1 aromatic carbocycles. The molecule has 1 amide bonds. The second-order valence-corrected chi connectivity index (χ2v) is 5.24. The summed E-state index contributed by atoms with van der Waals surface area (Å²) in [4.78, 5) is 14.1. The summed E-state index contributed by atoms with van der Waals surface area (Å²) in [5.41, 5.74) is 1.25. The fraction of sp³-hybridized carbons (Fsp3) is 0.533. The van der Waals surface area contributed by atoms with E-state index in [0.717, 1.165) is 25.1 Å². The lowest BCUT2D eigenvalue weighted by Crippen LogP contribution is -2.38. The fourth-order valence-electron chi connectivity index (χ4n) is 3.34. The van der Waals surface area contributed by atoms with Gasteiger partial charge in [-0.05, 0) is 37.0 Å². The van der Waals surface area contributed by atoms with E-state index in [0.29, 0.717) is 24.3 Å². The van der Waals surface area contributed by atoms with Crippen molar-refractivity contribution in [2.24, 2.45) is 0 Å². The molecule has 96 valence electrons. The van der Waals surface area contributed by atoms with Gasteiger partial charge < -0.3 is 9.64 Å². The fourth-order valence-corrected chi connectivity index (χ4v) is 3.34. The van der Waals surface area contributed by atoms with Crippen molar-refractivity contribution in [3.8, 4) is 5.75 Å². The van der Waals surface area contributed by atoms with E-state index in [1.54, 1.807) is 7.11 Å². The van der Waals surface area contributed by atoms with Crippen molar-refractivity contribution in [3.05, 3.63) is 29.8 Å². The molecular formula is C15H19NO2. The molecule has 0 spiro atoms. The standard InChI is InChI=1S/C15H19NO2/c1-18-12-6-4-5-11(9-12)13-10-15(17)16-8-3-2-7-14(13)16/h4-6,9,13-14H,2-3,7-8,10H2,1H3/t13-,14-/m0/s1. The maximum atomic E-state index is 12.0. The minimum absolute atomic E-state index is 0.326. The van der Waals surface area contributed by atoms with Crippen LogP contribution in [0.2, 0.25) is 0 Å². The molecule has 3 heteroatoms. The van der Waals surface area contributed by atoms with Gasteiger partial charge in [0, 0.05) is 24.9 Å². The molecule has 0 aromatic heterocycles. The molecule has 0 saturated carbocycles. The second-order valence-electron chi connectivity index (χ2n) is 5.24. The van der Waals surface area contributed by atoms with Gasteiger partial charge in [0.25, 0.3) is 0 Å². The lowest BCUT2D eigenvalue weighted by atomic mass is 9.87. The Kier molecular flexibility index (Phi) is 2.98. The summed E-state index contributed by atoms with van der Waals surface area (Å²) in [6.45, 7) is 0.948. The van der Waals surface area contributed by atoms with Gasteiger partial charge in [-0.15, -0.1) is 0 Å². The molecule has 0 aliphatic carbocycles. The van der Waals surface area contributed by atoms with Crippen LogP contribution in [-0.4, -0.2) is 30.5 Å². The zero-order valence-corrected chi connectivity index (χ0v) is 10.8. The summed E-state index contributed by atoms with van der Waals surface area (Å²) in [6, 6.07) is 8.59. The normalized spacial score (nSPS) is 27.2. The van der Waals surface area contributed by atoms with Gasteiger partial charge in [-0.25, -0.2) is 0 Å². The van der Waals surface area contributed by atoms with E-state index < -0.39 is 0 Å². The van der Waals surface area contributed by atoms with Crippen LogP contribution in [0.4, 0.5) is 0 Å². The lowest BCUT2D eigenvalue weighted by molar-refractivity contribution is -0.129. The van der Waals surface area contributed by atoms with Crippen LogP contribution in [0.25, 0.3) is 0 Å². The Morgan fingerprint density at radius 1 is 1.33 bits per heavy atom. The van der Waals surface area contributed by atoms with Crippen LogP contribution in [0.15, 0.2) is 24.3 Å². The molecule has 2 fully saturated rings. The summed E-state index contributed by atoms with van der Waals surface area (Å²) >= 11 is 0. The highest BCUT2D eigenvalue weighted by Gasteiger charge is 2.41. The number of hydrogen-bond acceptors (Lipinski definition) is 2. The van der Waals surface area contributed by atoms with Crippen molar-refractivity contribution in [2.45, 2.75) is 37.6 Å². The Balaban J connectivity index is 1.89. The first-order valence-electron chi connectivity index (χ1n) is 6.73. The third-order valence-corrected chi connectivity index (χ3v) is 4.25. The number of hydrogen-bond donors (Lipinski definition) is 0. The predicted octanol–water partition coefficient (Wildman–Crippen LogP) is 2.56. The Morgan fingerprint density at radius 2 is 2.22 bits per heavy atom. The van der Waals surface area contributed by atoms with Gasteiger partial charge in [-0.3, -0.25) is 4.79 Å². The molecule has 0 radical (unpaired) electrons. The van der Waals surface area contributed by atoms with E-state index in [1.807, 2.05) is 12.1 Å². The van der Waals surface area contributed by atoms with Crippen LogP contribution in [0.5, 0.6) is 5.75 Å². The van der Waals surface area contributed by atoms with Crippen molar-refractivity contribution < 1.29 is 9.53 Å². The first-order valence-corrected chi connectivity index (χ1v) is 6.73. The Bertz CT molecular complexity index is 458. The van der Waals surface area contributed by atoms with Gasteiger partial charge in [-0.1, -0.05) is 12.1 Å². The number of methoxy groups -OCH3 is 1. The van der Waals surface area contributed by atoms with Crippen LogP contribution < -0.4 is 4.74 Å². The zero-order valence-electron chi connectivity index (χ0n) is 10.8. The van der Waals surface area contributed by atoms with Gasteiger partial charge in [0.15, 0.2) is 0 Å². The SMILES string of the molecule is COc1cccc([C@@H]2CC(=O)N3CCCC[C@@H]23)c1. The molecule has 1 aromatic rings. The summed E-state index contributed by atoms with van der Waals surface area (Å²) in [5.74, 6) is 1.56. The third-order valence-electron chi connectivity index (χ3n) is 4.25. The molecule has 2 atom stereocenters. The second kappa shape index (κ2) is 4.63. The predicted molar refractivity (Wildman–Crippen MR) is 69.7 cm³/mol. The lowest BCUT2D eigenvalue weighted by Gasteiger charge is -2.32. The highest BCUT2D eigenvalue weighted by Crippen LogP contribution is 2.39. The number of carbonyl (C=O) groups is 1. The van der Waals surface area contributed by atoms with Crippen LogP contribution >= 0.6 is 0 Å². The number of nitrogens with zero attached hydrogens (tertiary/aromatic N) is 1. The monoisotopic (exact) mass is 245 g/mol. The van der Waals surface area contributed by atoms with Gasteiger partial charge in [0.1, 0.15) is 5.75 Å². The molecule has 2 heterocycles. The van der Waals surface area contributed by atoms with Crippen molar-refractivity contribution in [1.82, 2.24) is 4.90 Å². The summed E-state index contributed by atoms with van der Waals surface area (Å²) in [5, 5.41) is 0. The Hall–Kier alpha value is -1.51. The minimum atomic E-state index is 0.326. The summed E-state index contributed by atoms with van der Waals surface area (Å²) in [7, 11) is 1.69. The number of benzene rings is 1. The first kappa shape index (κ1) is 11.6. The van der Waals surface area contributed by atoms with Gasteiger partial charge in [0.2, 0.25) is 5.91 Å². The maximum absolute atomic E-state index is 12.0. The first-order chi connectivity index (χ1) is 8.79. The average Bonchev–Trinajstić information content (AvgIpc) is 2.77. The van der Waals surface area contributed by atoms with E-state index in [-0.39, 0.29) is 0 Å². The van der Waals surface area contributed by atoms with E-state index >= 15 is 0 Å². The number of ether oxygens (including phenoxy) is 1. The Morgan fingerprint density at radius 3 is 3.06 bits per heavy atom. The number of piperidine rings is 1. The van der Waals surface area contributed by atoms with Crippen molar-refractivity contribution in [3.63, 3.8) is 0 Å². The van der Waals surface area contributed by atoms with E-state index in [1.165, 1.54) is 12.0 Å². The molecule has 0 N–H and O–H groups in total. The Labute approximate surface area is 108 Å². The molecule has 3 rings (SSSR count). The molecular weight excluding hydrogens is 226 g/mol. The molecule has 2 aliphatic rings. The van der Waals surface area contributed by atoms with E-state index in [4.69, 9.17) is 4.74 Å². The van der Waals surface area contributed by atoms with E-state index in [9.17, 15) is 4.79 Å². The number of rotatable bonds is 2. The average molecular weight is 245 g/mol. The zero-order chi connectivity index (χ0) is 12.5. The molecule has 2 aliphatic heterocycles. The van der Waals surface area contributed by atoms with Crippen molar-refractivity contribution in [2.75, 3.05) is 13.7 Å². The minimum Gasteiger partial charge on any atom is -0.497 e. The van der Waals surface area contributed by atoms with Gasteiger partial charge >= 0.3 is 0 Å². The molecule has 0 bridgehead atoms. The smallest absolute Gasteiger partial charge is 0.223 e. The number of fused-ring (bicyclic) bond motifs is 1. The van der Waals surface area contributed by atoms with Crippen LogP contribution in [0, 0.1) is 0 Å². The van der Waals surface area contributed by atoms with Crippen molar-refractivity contribution in [1.29, 1.82) is 0 Å². The van der Waals surface area contributed by atoms with Crippen LogP contribution in [0.3, 0.4) is 0 Å².